The summed E-state index contributed by atoms with van der Waals surface area (Å²) >= 11 is 0. The Hall–Kier alpha value is -1.76. The molecular weight excluding hydrogens is 283 g/mol. The number of carbonyl (C=O) groups is 1. The number of rotatable bonds is 6. The zero-order valence-corrected chi connectivity index (χ0v) is 11.5. The molecule has 0 atom stereocenters. The third kappa shape index (κ3) is 5.63. The lowest BCUT2D eigenvalue weighted by molar-refractivity contribution is -0.139. The van der Waals surface area contributed by atoms with Gasteiger partial charge in [-0.25, -0.2) is 0 Å². The summed E-state index contributed by atoms with van der Waals surface area (Å²) in [5, 5.41) is 1.90. The van der Waals surface area contributed by atoms with Crippen molar-refractivity contribution in [1.82, 2.24) is 10.2 Å². The van der Waals surface area contributed by atoms with Crippen LogP contribution in [-0.4, -0.2) is 36.1 Å². The first kappa shape index (κ1) is 15.6. The predicted octanol–water partition coefficient (Wildman–Crippen LogP) is 1.91. The van der Waals surface area contributed by atoms with Crippen molar-refractivity contribution in [2.45, 2.75) is 31.6 Å². The fourth-order valence-corrected chi connectivity index (χ4v) is 2.12. The number of nitrogens with one attached hydrogen (secondary N) is 1. The Labute approximate surface area is 121 Å². The molecule has 0 radical (unpaired) electrons. The van der Waals surface area contributed by atoms with Crippen molar-refractivity contribution in [1.29, 1.82) is 0 Å². The number of nitrogens with zero attached hydrogens (tertiary/aromatic N) is 1. The second kappa shape index (κ2) is 6.34. The number of halogens is 3. The molecule has 21 heavy (non-hydrogen) atoms. The topological polar surface area (TPSA) is 58.4 Å². The Bertz CT molecular complexity index is 500. The summed E-state index contributed by atoms with van der Waals surface area (Å²) < 4.78 is 36.2. The molecule has 116 valence electrons. The highest BCUT2D eigenvalue weighted by atomic mass is 19.4. The summed E-state index contributed by atoms with van der Waals surface area (Å²) in [7, 11) is 0. The van der Waals surface area contributed by atoms with Crippen molar-refractivity contribution in [3.05, 3.63) is 29.8 Å². The first-order valence-corrected chi connectivity index (χ1v) is 6.75. The summed E-state index contributed by atoms with van der Waals surface area (Å²) in [5.74, 6) is -0.608. The SMILES string of the molecule is Nc1cccc(CN(CC(=O)NCC(F)(F)F)C2CC2)c1. The van der Waals surface area contributed by atoms with Crippen molar-refractivity contribution < 1.29 is 18.0 Å². The number of carbonyl (C=O) groups excluding carboxylic acids is 1. The van der Waals surface area contributed by atoms with Gasteiger partial charge in [0.15, 0.2) is 0 Å². The molecule has 0 saturated heterocycles. The van der Waals surface area contributed by atoms with Gasteiger partial charge in [-0.05, 0) is 30.5 Å². The van der Waals surface area contributed by atoms with E-state index in [0.29, 0.717) is 12.2 Å². The Morgan fingerprint density at radius 2 is 2.10 bits per heavy atom. The average molecular weight is 301 g/mol. The summed E-state index contributed by atoms with van der Waals surface area (Å²) in [6, 6.07) is 7.55. The lowest BCUT2D eigenvalue weighted by Gasteiger charge is -2.22. The van der Waals surface area contributed by atoms with Crippen LogP contribution in [0, 0.1) is 0 Å². The van der Waals surface area contributed by atoms with E-state index in [2.05, 4.69) is 0 Å². The van der Waals surface area contributed by atoms with Gasteiger partial charge in [0, 0.05) is 18.3 Å². The molecule has 2 rings (SSSR count). The molecule has 1 aromatic rings. The van der Waals surface area contributed by atoms with Crippen molar-refractivity contribution in [2.24, 2.45) is 0 Å². The molecular formula is C14H18F3N3O. The molecule has 0 spiro atoms. The van der Waals surface area contributed by atoms with Gasteiger partial charge in [0.1, 0.15) is 6.54 Å². The molecule has 0 bridgehead atoms. The Balaban J connectivity index is 1.89. The van der Waals surface area contributed by atoms with Gasteiger partial charge in [0.2, 0.25) is 5.91 Å². The van der Waals surface area contributed by atoms with Gasteiger partial charge >= 0.3 is 6.18 Å². The Kier molecular flexibility index (Phi) is 4.72. The monoisotopic (exact) mass is 301 g/mol. The number of benzene rings is 1. The maximum atomic E-state index is 12.1. The second-order valence-corrected chi connectivity index (χ2v) is 5.27. The van der Waals surface area contributed by atoms with Crippen LogP contribution in [0.5, 0.6) is 0 Å². The molecule has 7 heteroatoms. The summed E-state index contributed by atoms with van der Waals surface area (Å²) in [6.45, 7) is -0.812. The Morgan fingerprint density at radius 1 is 1.38 bits per heavy atom. The molecule has 1 amide bonds. The fourth-order valence-electron chi connectivity index (χ4n) is 2.12. The van der Waals surface area contributed by atoms with E-state index in [9.17, 15) is 18.0 Å². The number of alkyl halides is 3. The zero-order chi connectivity index (χ0) is 15.5. The van der Waals surface area contributed by atoms with Crippen LogP contribution in [0.1, 0.15) is 18.4 Å². The lowest BCUT2D eigenvalue weighted by Crippen LogP contribution is -2.41. The van der Waals surface area contributed by atoms with Crippen LogP contribution >= 0.6 is 0 Å². The quantitative estimate of drug-likeness (QED) is 0.789. The molecule has 1 aliphatic carbocycles. The fraction of sp³-hybridized carbons (Fsp3) is 0.500. The molecule has 0 aromatic heterocycles. The van der Waals surface area contributed by atoms with Crippen molar-refractivity contribution in [3.8, 4) is 0 Å². The van der Waals surface area contributed by atoms with E-state index in [1.807, 2.05) is 28.4 Å². The molecule has 4 nitrogen and oxygen atoms in total. The first-order chi connectivity index (χ1) is 9.83. The number of anilines is 1. The van der Waals surface area contributed by atoms with Crippen LogP contribution in [0.2, 0.25) is 0 Å². The third-order valence-electron chi connectivity index (χ3n) is 3.23. The maximum Gasteiger partial charge on any atom is 0.405 e. The molecule has 0 heterocycles. The van der Waals surface area contributed by atoms with E-state index in [1.54, 1.807) is 6.07 Å². The molecule has 3 N–H and O–H groups in total. The van der Waals surface area contributed by atoms with Gasteiger partial charge in [-0.3, -0.25) is 9.69 Å². The van der Waals surface area contributed by atoms with Crippen LogP contribution < -0.4 is 11.1 Å². The van der Waals surface area contributed by atoms with Crippen LogP contribution in [-0.2, 0) is 11.3 Å². The summed E-state index contributed by atoms with van der Waals surface area (Å²) in [5.41, 5.74) is 7.28. The van der Waals surface area contributed by atoms with Crippen LogP contribution in [0.4, 0.5) is 18.9 Å². The minimum Gasteiger partial charge on any atom is -0.399 e. The number of nitrogen functional groups attached to an aromatic ring is 1. The average Bonchev–Trinajstić information content (AvgIpc) is 3.19. The van der Waals surface area contributed by atoms with Crippen LogP contribution in [0.3, 0.4) is 0 Å². The standard InChI is InChI=1S/C14H18F3N3O/c15-14(16,17)9-19-13(21)8-20(12-4-5-12)7-10-2-1-3-11(18)6-10/h1-3,6,12H,4-5,7-9,18H2,(H,19,21). The number of amides is 1. The molecule has 1 saturated carbocycles. The first-order valence-electron chi connectivity index (χ1n) is 6.75. The minimum atomic E-state index is -4.38. The molecule has 0 unspecified atom stereocenters. The lowest BCUT2D eigenvalue weighted by atomic mass is 10.2. The molecule has 1 fully saturated rings. The van der Waals surface area contributed by atoms with Gasteiger partial charge in [0.25, 0.3) is 0 Å². The van der Waals surface area contributed by atoms with E-state index in [0.717, 1.165) is 18.4 Å². The van der Waals surface area contributed by atoms with Gasteiger partial charge in [-0.1, -0.05) is 12.1 Å². The predicted molar refractivity (Wildman–Crippen MR) is 73.4 cm³/mol. The Morgan fingerprint density at radius 3 is 2.67 bits per heavy atom. The summed E-state index contributed by atoms with van der Waals surface area (Å²) in [4.78, 5) is 13.5. The third-order valence-corrected chi connectivity index (χ3v) is 3.23. The van der Waals surface area contributed by atoms with E-state index in [1.165, 1.54) is 0 Å². The number of hydrogen-bond acceptors (Lipinski definition) is 3. The minimum absolute atomic E-state index is 0.0322. The van der Waals surface area contributed by atoms with Gasteiger partial charge in [-0.15, -0.1) is 0 Å². The van der Waals surface area contributed by atoms with E-state index in [-0.39, 0.29) is 12.6 Å². The normalized spacial score (nSPS) is 15.2. The van der Waals surface area contributed by atoms with E-state index >= 15 is 0 Å². The highest BCUT2D eigenvalue weighted by molar-refractivity contribution is 5.78. The van der Waals surface area contributed by atoms with Gasteiger partial charge < -0.3 is 11.1 Å². The van der Waals surface area contributed by atoms with Crippen LogP contribution in [0.25, 0.3) is 0 Å². The van der Waals surface area contributed by atoms with Crippen molar-refractivity contribution in [2.75, 3.05) is 18.8 Å². The smallest absolute Gasteiger partial charge is 0.399 e. The zero-order valence-electron chi connectivity index (χ0n) is 11.5. The highest BCUT2D eigenvalue weighted by Gasteiger charge is 2.32. The van der Waals surface area contributed by atoms with E-state index < -0.39 is 18.6 Å². The molecule has 0 aliphatic heterocycles. The molecule has 1 aliphatic rings. The summed E-state index contributed by atoms with van der Waals surface area (Å²) in [6.07, 6.45) is -2.45. The van der Waals surface area contributed by atoms with Crippen LogP contribution in [0.15, 0.2) is 24.3 Å². The second-order valence-electron chi connectivity index (χ2n) is 5.27. The number of hydrogen-bond donors (Lipinski definition) is 2. The van der Waals surface area contributed by atoms with E-state index in [4.69, 9.17) is 5.73 Å². The highest BCUT2D eigenvalue weighted by Crippen LogP contribution is 2.28. The van der Waals surface area contributed by atoms with Crippen molar-refractivity contribution in [3.63, 3.8) is 0 Å². The van der Waals surface area contributed by atoms with Gasteiger partial charge in [0.05, 0.1) is 6.54 Å². The largest absolute Gasteiger partial charge is 0.405 e. The number of nitrogens with two attached hydrogens (primary N) is 1. The van der Waals surface area contributed by atoms with Crippen molar-refractivity contribution >= 4 is 11.6 Å². The maximum absolute atomic E-state index is 12.1. The molecule has 1 aromatic carbocycles. The van der Waals surface area contributed by atoms with Gasteiger partial charge in [-0.2, -0.15) is 13.2 Å².